The molecule has 4 heteroatoms. The smallest absolute Gasteiger partial charge is 0.299 e. The second-order valence-electron chi connectivity index (χ2n) is 2.93. The zero-order valence-electron chi connectivity index (χ0n) is 6.53. The van der Waals surface area contributed by atoms with Gasteiger partial charge in [0.15, 0.2) is 0 Å². The topological polar surface area (TPSA) is 17.1 Å². The Bertz CT molecular complexity index is 137. The summed E-state index contributed by atoms with van der Waals surface area (Å²) >= 11 is 0. The van der Waals surface area contributed by atoms with Crippen molar-refractivity contribution >= 4 is 5.78 Å². The van der Waals surface area contributed by atoms with Crippen molar-refractivity contribution in [2.24, 2.45) is 5.92 Å². The van der Waals surface area contributed by atoms with Gasteiger partial charge in [0.25, 0.3) is 0 Å². The second kappa shape index (κ2) is 3.74. The van der Waals surface area contributed by atoms with Crippen LogP contribution < -0.4 is 0 Å². The van der Waals surface area contributed by atoms with Crippen LogP contribution in [0.2, 0.25) is 0 Å². The largest absolute Gasteiger partial charge is 0.395 e. The molecule has 0 rings (SSSR count). The Balaban J connectivity index is 3.71. The van der Waals surface area contributed by atoms with Crippen molar-refractivity contribution in [3.8, 4) is 0 Å². The summed E-state index contributed by atoms with van der Waals surface area (Å²) in [5, 5.41) is 0. The standard InChI is InChI=1S/C7H11F3O/c1-5(2)3-6(11)4-7(8,9)10/h5H,3-4H2,1-2H3. The number of alkyl halides is 3. The molecule has 0 radical (unpaired) electrons. The highest BCUT2D eigenvalue weighted by Gasteiger charge is 2.30. The molecule has 0 aliphatic heterocycles. The summed E-state index contributed by atoms with van der Waals surface area (Å²) in [6, 6.07) is 0. The first kappa shape index (κ1) is 10.5. The molecule has 1 nitrogen and oxygen atoms in total. The average molecular weight is 168 g/mol. The maximum atomic E-state index is 11.5. The third-order valence-corrected chi connectivity index (χ3v) is 1.03. The normalized spacial score (nSPS) is 12.2. The van der Waals surface area contributed by atoms with Gasteiger partial charge in [-0.3, -0.25) is 4.79 Å². The summed E-state index contributed by atoms with van der Waals surface area (Å²) in [4.78, 5) is 10.5. The molecular formula is C7H11F3O. The minimum absolute atomic E-state index is 0.00449. The first-order chi connectivity index (χ1) is 4.81. The van der Waals surface area contributed by atoms with Crippen LogP contribution in [0.15, 0.2) is 0 Å². The van der Waals surface area contributed by atoms with Gasteiger partial charge < -0.3 is 0 Å². The zero-order valence-corrected chi connectivity index (χ0v) is 6.53. The van der Waals surface area contributed by atoms with Crippen LogP contribution in [-0.4, -0.2) is 12.0 Å². The number of carbonyl (C=O) groups excluding carboxylic acids is 1. The quantitative estimate of drug-likeness (QED) is 0.632. The predicted molar refractivity (Wildman–Crippen MR) is 35.1 cm³/mol. The molecule has 0 bridgehead atoms. The van der Waals surface area contributed by atoms with Crippen LogP contribution in [0, 0.1) is 5.92 Å². The Labute approximate surface area is 63.6 Å². The molecule has 0 aromatic carbocycles. The average Bonchev–Trinajstić information content (AvgIpc) is 1.53. The van der Waals surface area contributed by atoms with E-state index in [0.29, 0.717) is 0 Å². The fraction of sp³-hybridized carbons (Fsp3) is 0.857. The number of Topliss-reactive ketones (excluding diaryl/α,β-unsaturated/α-hetero) is 1. The minimum atomic E-state index is -4.34. The van der Waals surface area contributed by atoms with E-state index in [1.165, 1.54) is 0 Å². The van der Waals surface area contributed by atoms with E-state index in [1.807, 2.05) is 0 Å². The van der Waals surface area contributed by atoms with E-state index >= 15 is 0 Å². The van der Waals surface area contributed by atoms with Crippen molar-refractivity contribution in [3.63, 3.8) is 0 Å². The van der Waals surface area contributed by atoms with Crippen LogP contribution in [0.25, 0.3) is 0 Å². The Morgan fingerprint density at radius 2 is 1.82 bits per heavy atom. The van der Waals surface area contributed by atoms with E-state index < -0.39 is 18.4 Å². The van der Waals surface area contributed by atoms with Crippen LogP contribution in [0.5, 0.6) is 0 Å². The van der Waals surface area contributed by atoms with E-state index in [2.05, 4.69) is 0 Å². The lowest BCUT2D eigenvalue weighted by molar-refractivity contribution is -0.152. The molecule has 0 aromatic heterocycles. The molecular weight excluding hydrogens is 157 g/mol. The highest BCUT2D eigenvalue weighted by atomic mass is 19.4. The van der Waals surface area contributed by atoms with Crippen LogP contribution in [0.1, 0.15) is 26.7 Å². The molecule has 0 fully saturated rings. The first-order valence-electron chi connectivity index (χ1n) is 3.39. The van der Waals surface area contributed by atoms with Crippen molar-refractivity contribution in [2.75, 3.05) is 0 Å². The van der Waals surface area contributed by atoms with Crippen molar-refractivity contribution in [1.82, 2.24) is 0 Å². The minimum Gasteiger partial charge on any atom is -0.299 e. The predicted octanol–water partition coefficient (Wildman–Crippen LogP) is 2.55. The molecule has 0 aliphatic rings. The second-order valence-corrected chi connectivity index (χ2v) is 2.93. The summed E-state index contributed by atoms with van der Waals surface area (Å²) in [5.74, 6) is -0.725. The SMILES string of the molecule is CC(C)CC(=O)CC(F)(F)F. The molecule has 0 spiro atoms. The fourth-order valence-electron chi connectivity index (χ4n) is 0.751. The van der Waals surface area contributed by atoms with Gasteiger partial charge >= 0.3 is 6.18 Å². The summed E-state index contributed by atoms with van der Waals surface area (Å²) in [6.07, 6.45) is -5.61. The molecule has 11 heavy (non-hydrogen) atoms. The molecule has 0 saturated carbocycles. The Morgan fingerprint density at radius 3 is 2.09 bits per heavy atom. The molecule has 0 aliphatic carbocycles. The van der Waals surface area contributed by atoms with Gasteiger partial charge in [0, 0.05) is 6.42 Å². The molecule has 0 aromatic rings. The summed E-state index contributed by atoms with van der Waals surface area (Å²) in [7, 11) is 0. The molecule has 0 atom stereocenters. The first-order valence-corrected chi connectivity index (χ1v) is 3.39. The highest BCUT2D eigenvalue weighted by Crippen LogP contribution is 2.21. The maximum Gasteiger partial charge on any atom is 0.395 e. The van der Waals surface area contributed by atoms with Gasteiger partial charge in [-0.2, -0.15) is 13.2 Å². The molecule has 0 saturated heterocycles. The summed E-state index contributed by atoms with van der Waals surface area (Å²) in [6.45, 7) is 3.43. The summed E-state index contributed by atoms with van der Waals surface area (Å²) in [5.41, 5.74) is 0. The van der Waals surface area contributed by atoms with Gasteiger partial charge in [0.2, 0.25) is 0 Å². The number of rotatable bonds is 3. The number of halogens is 3. The van der Waals surface area contributed by atoms with Crippen LogP contribution in [0.3, 0.4) is 0 Å². The Morgan fingerprint density at radius 1 is 1.36 bits per heavy atom. The lowest BCUT2D eigenvalue weighted by Crippen LogP contribution is -2.15. The maximum absolute atomic E-state index is 11.5. The monoisotopic (exact) mass is 168 g/mol. The van der Waals surface area contributed by atoms with Gasteiger partial charge in [-0.15, -0.1) is 0 Å². The molecule has 0 unspecified atom stereocenters. The van der Waals surface area contributed by atoms with E-state index in [4.69, 9.17) is 0 Å². The lowest BCUT2D eigenvalue weighted by atomic mass is 10.1. The number of ketones is 1. The summed E-state index contributed by atoms with van der Waals surface area (Å²) < 4.78 is 34.6. The van der Waals surface area contributed by atoms with Crippen LogP contribution >= 0.6 is 0 Å². The van der Waals surface area contributed by atoms with Crippen molar-refractivity contribution < 1.29 is 18.0 Å². The van der Waals surface area contributed by atoms with E-state index in [0.717, 1.165) is 0 Å². The highest BCUT2D eigenvalue weighted by molar-refractivity contribution is 5.79. The molecule has 0 N–H and O–H groups in total. The fourth-order valence-corrected chi connectivity index (χ4v) is 0.751. The molecule has 0 amide bonds. The number of carbonyl (C=O) groups is 1. The van der Waals surface area contributed by atoms with Gasteiger partial charge in [0.05, 0.1) is 0 Å². The Hall–Kier alpha value is -0.540. The van der Waals surface area contributed by atoms with Crippen molar-refractivity contribution in [2.45, 2.75) is 32.9 Å². The van der Waals surface area contributed by atoms with Gasteiger partial charge in [-0.05, 0) is 5.92 Å². The van der Waals surface area contributed by atoms with Gasteiger partial charge in [-0.25, -0.2) is 0 Å². The van der Waals surface area contributed by atoms with E-state index in [-0.39, 0.29) is 12.3 Å². The van der Waals surface area contributed by atoms with Gasteiger partial charge in [-0.1, -0.05) is 13.8 Å². The zero-order chi connectivity index (χ0) is 9.07. The lowest BCUT2D eigenvalue weighted by Gasteiger charge is -2.06. The van der Waals surface area contributed by atoms with Crippen LogP contribution in [0.4, 0.5) is 13.2 Å². The molecule has 0 heterocycles. The Kier molecular flexibility index (Phi) is 3.55. The van der Waals surface area contributed by atoms with E-state index in [1.54, 1.807) is 13.8 Å². The van der Waals surface area contributed by atoms with Crippen LogP contribution in [-0.2, 0) is 4.79 Å². The molecule has 66 valence electrons. The van der Waals surface area contributed by atoms with Gasteiger partial charge in [0.1, 0.15) is 12.2 Å². The van der Waals surface area contributed by atoms with Crippen molar-refractivity contribution in [1.29, 1.82) is 0 Å². The van der Waals surface area contributed by atoms with E-state index in [9.17, 15) is 18.0 Å². The third kappa shape index (κ3) is 7.36. The third-order valence-electron chi connectivity index (χ3n) is 1.03. The number of hydrogen-bond donors (Lipinski definition) is 0. The number of hydrogen-bond acceptors (Lipinski definition) is 1. The van der Waals surface area contributed by atoms with Crippen molar-refractivity contribution in [3.05, 3.63) is 0 Å².